The van der Waals surface area contributed by atoms with Gasteiger partial charge in [0, 0.05) is 16.7 Å². The van der Waals surface area contributed by atoms with Gasteiger partial charge in [0.05, 0.1) is 5.56 Å². The van der Waals surface area contributed by atoms with Gasteiger partial charge in [-0.25, -0.2) is 4.98 Å². The zero-order valence-electron chi connectivity index (χ0n) is 11.0. The fraction of sp³-hybridized carbons (Fsp3) is 0.538. The van der Waals surface area contributed by atoms with Crippen LogP contribution in [0.3, 0.4) is 0 Å². The van der Waals surface area contributed by atoms with Gasteiger partial charge in [0.25, 0.3) is 5.91 Å². The molecule has 0 aliphatic heterocycles. The highest BCUT2D eigenvalue weighted by Crippen LogP contribution is 2.62. The first-order chi connectivity index (χ1) is 8.18. The molecule has 1 fully saturated rings. The molecule has 0 saturated heterocycles. The highest BCUT2D eigenvalue weighted by molar-refractivity contribution is 9.10. The van der Waals surface area contributed by atoms with E-state index in [2.05, 4.69) is 53.9 Å². The van der Waals surface area contributed by atoms with E-state index in [0.29, 0.717) is 5.56 Å². The Balaban J connectivity index is 2.17. The number of amides is 1. The Hall–Kier alpha value is -1.10. The summed E-state index contributed by atoms with van der Waals surface area (Å²) in [6.07, 6.45) is 1.58. The van der Waals surface area contributed by atoms with Crippen LogP contribution in [0.4, 0.5) is 5.82 Å². The predicted octanol–water partition coefficient (Wildman–Crippen LogP) is 2.59. The van der Waals surface area contributed by atoms with Gasteiger partial charge in [-0.2, -0.15) is 0 Å². The van der Waals surface area contributed by atoms with Crippen LogP contribution in [0.25, 0.3) is 0 Å². The molecule has 5 heteroatoms. The number of rotatable bonds is 2. The van der Waals surface area contributed by atoms with E-state index < -0.39 is 0 Å². The third-order valence-electron chi connectivity index (χ3n) is 4.43. The number of carbonyl (C=O) groups is 1. The first kappa shape index (κ1) is 13.3. The Morgan fingerprint density at radius 3 is 2.44 bits per heavy atom. The Kier molecular flexibility index (Phi) is 2.93. The summed E-state index contributed by atoms with van der Waals surface area (Å²) >= 11 is 3.29. The summed E-state index contributed by atoms with van der Waals surface area (Å²) in [6.45, 7) is 8.61. The SMILES string of the molecule is CC1(C)C(NC(=O)c2cc(Br)cnc2N)C1(C)C. The van der Waals surface area contributed by atoms with Crippen LogP contribution in [0.2, 0.25) is 0 Å². The molecule has 0 radical (unpaired) electrons. The van der Waals surface area contributed by atoms with Crippen molar-refractivity contribution in [2.24, 2.45) is 10.8 Å². The van der Waals surface area contributed by atoms with Gasteiger partial charge in [-0.1, -0.05) is 27.7 Å². The van der Waals surface area contributed by atoms with Gasteiger partial charge in [0.15, 0.2) is 0 Å². The second-order valence-electron chi connectivity index (χ2n) is 5.94. The Morgan fingerprint density at radius 1 is 1.39 bits per heavy atom. The highest BCUT2D eigenvalue weighted by Gasteiger charge is 2.65. The maximum atomic E-state index is 12.2. The van der Waals surface area contributed by atoms with Crippen LogP contribution >= 0.6 is 15.9 Å². The number of aromatic nitrogens is 1. The number of nitrogens with zero attached hydrogens (tertiary/aromatic N) is 1. The number of nitrogens with one attached hydrogen (secondary N) is 1. The third kappa shape index (κ3) is 1.90. The summed E-state index contributed by atoms with van der Waals surface area (Å²) in [5, 5.41) is 3.04. The van der Waals surface area contributed by atoms with E-state index in [1.54, 1.807) is 12.3 Å². The molecule has 0 spiro atoms. The van der Waals surface area contributed by atoms with E-state index in [1.165, 1.54) is 0 Å². The molecule has 0 aromatic carbocycles. The summed E-state index contributed by atoms with van der Waals surface area (Å²) in [7, 11) is 0. The molecule has 1 heterocycles. The minimum atomic E-state index is -0.162. The molecule has 2 rings (SSSR count). The van der Waals surface area contributed by atoms with Crippen molar-refractivity contribution in [1.82, 2.24) is 10.3 Å². The molecule has 1 aliphatic rings. The van der Waals surface area contributed by atoms with Crippen molar-refractivity contribution in [1.29, 1.82) is 0 Å². The van der Waals surface area contributed by atoms with Crippen LogP contribution in [-0.4, -0.2) is 16.9 Å². The van der Waals surface area contributed by atoms with E-state index in [1.807, 2.05) is 0 Å². The maximum absolute atomic E-state index is 12.2. The highest BCUT2D eigenvalue weighted by atomic mass is 79.9. The second-order valence-corrected chi connectivity index (χ2v) is 6.85. The van der Waals surface area contributed by atoms with Gasteiger partial charge >= 0.3 is 0 Å². The van der Waals surface area contributed by atoms with Gasteiger partial charge in [0.2, 0.25) is 0 Å². The minimum absolute atomic E-state index is 0.108. The monoisotopic (exact) mass is 311 g/mol. The number of halogens is 1. The van der Waals surface area contributed by atoms with E-state index in [-0.39, 0.29) is 28.6 Å². The summed E-state index contributed by atoms with van der Waals surface area (Å²) in [5.41, 5.74) is 6.36. The second kappa shape index (κ2) is 3.95. The summed E-state index contributed by atoms with van der Waals surface area (Å²) in [4.78, 5) is 16.2. The smallest absolute Gasteiger partial charge is 0.255 e. The zero-order chi connectivity index (χ0) is 13.7. The molecule has 1 amide bonds. The fourth-order valence-electron chi connectivity index (χ4n) is 2.40. The molecule has 1 aromatic rings. The van der Waals surface area contributed by atoms with E-state index in [9.17, 15) is 4.79 Å². The average Bonchev–Trinajstić information content (AvgIpc) is 2.64. The number of nitrogens with two attached hydrogens (primary N) is 1. The molecule has 18 heavy (non-hydrogen) atoms. The molecular weight excluding hydrogens is 294 g/mol. The van der Waals surface area contributed by atoms with Crippen molar-refractivity contribution in [3.8, 4) is 0 Å². The number of nitrogen functional groups attached to an aromatic ring is 1. The molecule has 3 N–H and O–H groups in total. The van der Waals surface area contributed by atoms with E-state index in [0.717, 1.165) is 4.47 Å². The summed E-state index contributed by atoms with van der Waals surface area (Å²) in [6, 6.07) is 1.86. The Bertz CT molecular complexity index is 497. The quantitative estimate of drug-likeness (QED) is 0.882. The van der Waals surface area contributed by atoms with Crippen LogP contribution in [-0.2, 0) is 0 Å². The Morgan fingerprint density at radius 2 is 1.94 bits per heavy atom. The van der Waals surface area contributed by atoms with Crippen molar-refractivity contribution in [2.75, 3.05) is 5.73 Å². The van der Waals surface area contributed by atoms with Crippen molar-refractivity contribution in [3.63, 3.8) is 0 Å². The molecular formula is C13H18BrN3O. The van der Waals surface area contributed by atoms with Gasteiger partial charge < -0.3 is 11.1 Å². The van der Waals surface area contributed by atoms with Gasteiger partial charge in [-0.15, -0.1) is 0 Å². The number of carbonyl (C=O) groups excluding carboxylic acids is 1. The van der Waals surface area contributed by atoms with Crippen molar-refractivity contribution < 1.29 is 4.79 Å². The number of pyridine rings is 1. The first-order valence-electron chi connectivity index (χ1n) is 5.90. The van der Waals surface area contributed by atoms with Gasteiger partial charge in [-0.05, 0) is 32.8 Å². The fourth-order valence-corrected chi connectivity index (χ4v) is 2.73. The third-order valence-corrected chi connectivity index (χ3v) is 4.86. The minimum Gasteiger partial charge on any atom is -0.383 e. The molecule has 1 aliphatic carbocycles. The van der Waals surface area contributed by atoms with Crippen molar-refractivity contribution >= 4 is 27.7 Å². The van der Waals surface area contributed by atoms with Crippen LogP contribution in [0.1, 0.15) is 38.1 Å². The molecule has 0 bridgehead atoms. The Labute approximate surface area is 115 Å². The van der Waals surface area contributed by atoms with Crippen LogP contribution in [0.5, 0.6) is 0 Å². The summed E-state index contributed by atoms with van der Waals surface area (Å²) in [5.74, 6) is 0.0944. The molecule has 98 valence electrons. The first-order valence-corrected chi connectivity index (χ1v) is 6.69. The number of hydrogen-bond acceptors (Lipinski definition) is 3. The number of anilines is 1. The normalized spacial score (nSPS) is 20.5. The largest absolute Gasteiger partial charge is 0.383 e. The van der Waals surface area contributed by atoms with Crippen molar-refractivity contribution in [2.45, 2.75) is 33.7 Å². The lowest BCUT2D eigenvalue weighted by Crippen LogP contribution is -2.30. The van der Waals surface area contributed by atoms with Crippen LogP contribution in [0.15, 0.2) is 16.7 Å². The van der Waals surface area contributed by atoms with Gasteiger partial charge in [0.1, 0.15) is 5.82 Å². The molecule has 1 aromatic heterocycles. The average molecular weight is 312 g/mol. The van der Waals surface area contributed by atoms with Crippen LogP contribution < -0.4 is 11.1 Å². The zero-order valence-corrected chi connectivity index (χ0v) is 12.6. The molecule has 4 nitrogen and oxygen atoms in total. The lowest BCUT2D eigenvalue weighted by atomic mass is 10.0. The van der Waals surface area contributed by atoms with Gasteiger partial charge in [-0.3, -0.25) is 4.79 Å². The molecule has 1 saturated carbocycles. The van der Waals surface area contributed by atoms with E-state index in [4.69, 9.17) is 5.73 Å². The lowest BCUT2D eigenvalue weighted by Gasteiger charge is -2.08. The standard InChI is InChI=1S/C13H18BrN3O/c1-12(2)11(13(12,3)4)17-10(18)8-5-7(14)6-16-9(8)15/h5-6,11H,1-4H3,(H2,15,16)(H,17,18). The van der Waals surface area contributed by atoms with Crippen molar-refractivity contribution in [3.05, 3.63) is 22.3 Å². The topological polar surface area (TPSA) is 68.0 Å². The van der Waals surface area contributed by atoms with Crippen LogP contribution in [0, 0.1) is 10.8 Å². The lowest BCUT2D eigenvalue weighted by molar-refractivity contribution is 0.0944. The van der Waals surface area contributed by atoms with E-state index >= 15 is 0 Å². The molecule has 0 atom stereocenters. The molecule has 0 unspecified atom stereocenters. The summed E-state index contributed by atoms with van der Waals surface area (Å²) < 4.78 is 0.746. The number of hydrogen-bond donors (Lipinski definition) is 2. The maximum Gasteiger partial charge on any atom is 0.255 e. The predicted molar refractivity (Wildman–Crippen MR) is 75.2 cm³/mol.